The highest BCUT2D eigenvalue weighted by Gasteiger charge is 2.36. The number of para-hydroxylation sites is 1. The molecule has 1 heterocycles. The summed E-state index contributed by atoms with van der Waals surface area (Å²) in [6.07, 6.45) is 2.08. The zero-order valence-electron chi connectivity index (χ0n) is 19.4. The smallest absolute Gasteiger partial charge is 0.335 e. The van der Waals surface area contributed by atoms with Gasteiger partial charge in [0.2, 0.25) is 0 Å². The first-order valence-electron chi connectivity index (χ1n) is 11.1. The van der Waals surface area contributed by atoms with Crippen LogP contribution in [0.5, 0.6) is 17.2 Å². The zero-order chi connectivity index (χ0) is 25.5. The molecule has 9 heteroatoms. The number of carbonyl (C=O) groups excluding carboxylic acids is 3. The minimum atomic E-state index is -0.804. The number of urea groups is 1. The van der Waals surface area contributed by atoms with E-state index in [2.05, 4.69) is 21.2 Å². The lowest BCUT2D eigenvalue weighted by Crippen LogP contribution is -2.54. The molecular formula is C27H23BrN2O6. The minimum absolute atomic E-state index is 0.175. The van der Waals surface area contributed by atoms with Crippen molar-refractivity contribution < 1.29 is 28.6 Å². The lowest BCUT2D eigenvalue weighted by molar-refractivity contribution is -0.122. The van der Waals surface area contributed by atoms with E-state index in [0.29, 0.717) is 42.4 Å². The highest BCUT2D eigenvalue weighted by atomic mass is 79.9. The van der Waals surface area contributed by atoms with Crippen molar-refractivity contribution in [1.82, 2.24) is 5.32 Å². The number of nitrogens with one attached hydrogen (secondary N) is 1. The predicted molar refractivity (Wildman–Crippen MR) is 138 cm³/mol. The molecule has 0 spiro atoms. The molecule has 36 heavy (non-hydrogen) atoms. The summed E-state index contributed by atoms with van der Waals surface area (Å²) in [6.45, 7) is 0.913. The molecule has 8 nitrogen and oxygen atoms in total. The molecule has 4 amide bonds. The van der Waals surface area contributed by atoms with Gasteiger partial charge in [0, 0.05) is 10.9 Å². The number of barbiturate groups is 1. The van der Waals surface area contributed by atoms with Gasteiger partial charge in [-0.15, -0.1) is 0 Å². The summed E-state index contributed by atoms with van der Waals surface area (Å²) in [4.78, 5) is 38.8. The third kappa shape index (κ3) is 5.92. The maximum atomic E-state index is 13.1. The third-order valence-electron chi connectivity index (χ3n) is 5.24. The number of hydrogen-bond acceptors (Lipinski definition) is 6. The summed E-state index contributed by atoms with van der Waals surface area (Å²) in [5.41, 5.74) is 0.707. The quantitative estimate of drug-likeness (QED) is 0.229. The Balaban J connectivity index is 1.44. The van der Waals surface area contributed by atoms with Gasteiger partial charge in [-0.3, -0.25) is 14.9 Å². The Morgan fingerprint density at radius 3 is 2.33 bits per heavy atom. The number of anilines is 1. The highest BCUT2D eigenvalue weighted by Crippen LogP contribution is 2.30. The van der Waals surface area contributed by atoms with Gasteiger partial charge in [0.15, 0.2) is 11.5 Å². The summed E-state index contributed by atoms with van der Waals surface area (Å²) in [6, 6.07) is 20.4. The van der Waals surface area contributed by atoms with E-state index >= 15 is 0 Å². The molecule has 1 fully saturated rings. The highest BCUT2D eigenvalue weighted by molar-refractivity contribution is 9.10. The topological polar surface area (TPSA) is 94.2 Å². The molecule has 184 valence electrons. The van der Waals surface area contributed by atoms with Gasteiger partial charge >= 0.3 is 6.03 Å². The molecule has 3 aromatic carbocycles. The molecule has 1 N–H and O–H groups in total. The zero-order valence-corrected chi connectivity index (χ0v) is 21.0. The SMILES string of the molecule is COc1cc(C=C2C(=O)NC(=O)N(c3ccc(Br)cc3)C2=O)ccc1OCCCOc1ccccc1. The van der Waals surface area contributed by atoms with E-state index in [1.54, 1.807) is 42.5 Å². The van der Waals surface area contributed by atoms with Gasteiger partial charge < -0.3 is 14.2 Å². The van der Waals surface area contributed by atoms with E-state index in [0.717, 1.165) is 15.1 Å². The maximum Gasteiger partial charge on any atom is 0.335 e. The lowest BCUT2D eigenvalue weighted by Gasteiger charge is -2.26. The van der Waals surface area contributed by atoms with Gasteiger partial charge in [-0.25, -0.2) is 9.69 Å². The number of rotatable bonds is 9. The maximum absolute atomic E-state index is 13.1. The predicted octanol–water partition coefficient (Wildman–Crippen LogP) is 4.97. The summed E-state index contributed by atoms with van der Waals surface area (Å²) in [7, 11) is 1.50. The van der Waals surface area contributed by atoms with Crippen LogP contribution in [-0.4, -0.2) is 38.2 Å². The van der Waals surface area contributed by atoms with Crippen LogP contribution in [0.15, 0.2) is 82.8 Å². The summed E-state index contributed by atoms with van der Waals surface area (Å²) >= 11 is 3.32. The van der Waals surface area contributed by atoms with Crippen molar-refractivity contribution in [1.29, 1.82) is 0 Å². The molecular weight excluding hydrogens is 528 g/mol. The van der Waals surface area contributed by atoms with Crippen LogP contribution in [0.25, 0.3) is 6.08 Å². The van der Waals surface area contributed by atoms with Crippen LogP contribution >= 0.6 is 15.9 Å². The molecule has 0 bridgehead atoms. The van der Waals surface area contributed by atoms with E-state index in [4.69, 9.17) is 14.2 Å². The molecule has 3 aromatic rings. The molecule has 0 aliphatic carbocycles. The van der Waals surface area contributed by atoms with Crippen molar-refractivity contribution in [2.75, 3.05) is 25.2 Å². The first kappa shape index (κ1) is 25.0. The van der Waals surface area contributed by atoms with Crippen LogP contribution in [0.2, 0.25) is 0 Å². The monoisotopic (exact) mass is 550 g/mol. The van der Waals surface area contributed by atoms with Gasteiger partial charge in [0.05, 0.1) is 26.0 Å². The number of hydrogen-bond donors (Lipinski definition) is 1. The molecule has 0 radical (unpaired) electrons. The summed E-state index contributed by atoms with van der Waals surface area (Å²) in [5.74, 6) is 0.275. The fourth-order valence-corrected chi connectivity index (χ4v) is 3.75. The Labute approximate surface area is 216 Å². The number of ether oxygens (including phenoxy) is 3. The fourth-order valence-electron chi connectivity index (χ4n) is 3.49. The number of amides is 4. The van der Waals surface area contributed by atoms with E-state index in [1.165, 1.54) is 13.2 Å². The van der Waals surface area contributed by atoms with Crippen LogP contribution in [0, 0.1) is 0 Å². The molecule has 0 saturated carbocycles. The third-order valence-corrected chi connectivity index (χ3v) is 5.77. The average molecular weight is 551 g/mol. The number of nitrogens with zero attached hydrogens (tertiary/aromatic N) is 1. The van der Waals surface area contributed by atoms with Gasteiger partial charge in [-0.05, 0) is 60.2 Å². The Morgan fingerprint density at radius 1 is 0.889 bits per heavy atom. The van der Waals surface area contributed by atoms with E-state index in [-0.39, 0.29) is 5.57 Å². The fraction of sp³-hybridized carbons (Fsp3) is 0.148. The molecule has 1 aliphatic heterocycles. The number of imide groups is 2. The van der Waals surface area contributed by atoms with E-state index < -0.39 is 17.8 Å². The molecule has 1 aliphatic rings. The first-order valence-corrected chi connectivity index (χ1v) is 11.9. The molecule has 1 saturated heterocycles. The van der Waals surface area contributed by atoms with Gasteiger partial charge in [0.25, 0.3) is 11.8 Å². The van der Waals surface area contributed by atoms with Crippen molar-refractivity contribution in [2.45, 2.75) is 6.42 Å². The Kier molecular flexibility index (Phi) is 8.02. The van der Waals surface area contributed by atoms with Crippen molar-refractivity contribution in [3.8, 4) is 17.2 Å². The van der Waals surface area contributed by atoms with Crippen molar-refractivity contribution in [2.24, 2.45) is 0 Å². The van der Waals surface area contributed by atoms with E-state index in [9.17, 15) is 14.4 Å². The normalized spacial score (nSPS) is 14.6. The van der Waals surface area contributed by atoms with Crippen LogP contribution in [-0.2, 0) is 9.59 Å². The Morgan fingerprint density at radius 2 is 1.61 bits per heavy atom. The Hall–Kier alpha value is -4.11. The second-order valence-corrected chi connectivity index (χ2v) is 8.62. The average Bonchev–Trinajstić information content (AvgIpc) is 2.88. The van der Waals surface area contributed by atoms with Gasteiger partial charge in [-0.1, -0.05) is 40.2 Å². The minimum Gasteiger partial charge on any atom is -0.493 e. The standard InChI is InChI=1S/C27H23BrN2O6/c1-34-24-17-18(8-13-23(24)36-15-5-14-35-21-6-3-2-4-7-21)16-22-25(31)29-27(33)30(26(22)32)20-11-9-19(28)10-12-20/h2-4,6-13,16-17H,5,14-15H2,1H3,(H,29,31,33). The number of benzene rings is 3. The van der Waals surface area contributed by atoms with Crippen LogP contribution in [0.1, 0.15) is 12.0 Å². The van der Waals surface area contributed by atoms with Crippen LogP contribution < -0.4 is 24.4 Å². The Bertz CT molecular complexity index is 1290. The molecule has 0 atom stereocenters. The number of methoxy groups -OCH3 is 1. The van der Waals surface area contributed by atoms with Crippen molar-refractivity contribution >= 4 is 45.5 Å². The summed E-state index contributed by atoms with van der Waals surface area (Å²) in [5, 5.41) is 2.21. The lowest BCUT2D eigenvalue weighted by atomic mass is 10.1. The molecule has 4 rings (SSSR count). The van der Waals surface area contributed by atoms with Crippen molar-refractivity contribution in [3.05, 3.63) is 88.4 Å². The van der Waals surface area contributed by atoms with E-state index in [1.807, 2.05) is 30.3 Å². The molecule has 0 aromatic heterocycles. The largest absolute Gasteiger partial charge is 0.493 e. The number of halogens is 1. The van der Waals surface area contributed by atoms with Gasteiger partial charge in [0.1, 0.15) is 11.3 Å². The second-order valence-electron chi connectivity index (χ2n) is 7.71. The first-order chi connectivity index (χ1) is 17.5. The van der Waals surface area contributed by atoms with Crippen LogP contribution in [0.3, 0.4) is 0 Å². The van der Waals surface area contributed by atoms with Crippen LogP contribution in [0.4, 0.5) is 10.5 Å². The number of carbonyl (C=O) groups is 3. The van der Waals surface area contributed by atoms with Gasteiger partial charge in [-0.2, -0.15) is 0 Å². The van der Waals surface area contributed by atoms with Crippen molar-refractivity contribution in [3.63, 3.8) is 0 Å². The molecule has 0 unspecified atom stereocenters. The summed E-state index contributed by atoms with van der Waals surface area (Å²) < 4.78 is 17.7. The second kappa shape index (κ2) is 11.5.